The van der Waals surface area contributed by atoms with Gasteiger partial charge in [0.15, 0.2) is 0 Å². The third-order valence-electron chi connectivity index (χ3n) is 3.23. The Labute approximate surface area is 87.7 Å². The van der Waals surface area contributed by atoms with Crippen molar-refractivity contribution in [2.75, 3.05) is 6.54 Å². The van der Waals surface area contributed by atoms with Crippen LogP contribution in [0.1, 0.15) is 51.9 Å². The van der Waals surface area contributed by atoms with Crippen molar-refractivity contribution in [3.8, 4) is 6.07 Å². The second-order valence-electron chi connectivity index (χ2n) is 4.34. The molecule has 0 aliphatic heterocycles. The molecule has 0 bridgehead atoms. The third-order valence-corrected chi connectivity index (χ3v) is 3.23. The van der Waals surface area contributed by atoms with Gasteiger partial charge in [-0.3, -0.25) is 0 Å². The van der Waals surface area contributed by atoms with E-state index in [9.17, 15) is 0 Å². The van der Waals surface area contributed by atoms with E-state index in [1.165, 1.54) is 38.5 Å². The van der Waals surface area contributed by atoms with Crippen molar-refractivity contribution in [2.45, 2.75) is 57.9 Å². The van der Waals surface area contributed by atoms with Gasteiger partial charge in [-0.05, 0) is 25.3 Å². The third kappa shape index (κ3) is 4.11. The molecule has 0 saturated heterocycles. The molecule has 1 unspecified atom stereocenters. The van der Waals surface area contributed by atoms with Crippen LogP contribution in [0, 0.1) is 17.2 Å². The minimum atomic E-state index is 0.0681. The average Bonchev–Trinajstić information content (AvgIpc) is 2.26. The molecule has 1 rings (SSSR count). The molecule has 0 aromatic rings. The van der Waals surface area contributed by atoms with Gasteiger partial charge < -0.3 is 5.32 Å². The Balaban J connectivity index is 2.05. The van der Waals surface area contributed by atoms with Crippen LogP contribution in [0.4, 0.5) is 0 Å². The minimum Gasteiger partial charge on any atom is -0.302 e. The Morgan fingerprint density at radius 1 is 1.36 bits per heavy atom. The molecule has 2 heteroatoms. The average molecular weight is 194 g/mol. The fraction of sp³-hybridized carbons (Fsp3) is 0.917. The highest BCUT2D eigenvalue weighted by Gasteiger charge is 2.13. The number of hydrogen-bond donors (Lipinski definition) is 1. The second-order valence-corrected chi connectivity index (χ2v) is 4.34. The zero-order valence-electron chi connectivity index (χ0n) is 9.26. The van der Waals surface area contributed by atoms with Gasteiger partial charge in [-0.2, -0.15) is 5.26 Å². The summed E-state index contributed by atoms with van der Waals surface area (Å²) in [5, 5.41) is 12.1. The monoisotopic (exact) mass is 194 g/mol. The lowest BCUT2D eigenvalue weighted by Gasteiger charge is -2.21. The first-order chi connectivity index (χ1) is 6.86. The van der Waals surface area contributed by atoms with Gasteiger partial charge in [-0.1, -0.05) is 39.0 Å². The Bertz CT molecular complexity index is 177. The smallest absolute Gasteiger partial charge is 0.0950 e. The minimum absolute atomic E-state index is 0.0681. The van der Waals surface area contributed by atoms with Crippen molar-refractivity contribution in [1.82, 2.24) is 5.32 Å². The maximum Gasteiger partial charge on any atom is 0.0950 e. The summed E-state index contributed by atoms with van der Waals surface area (Å²) >= 11 is 0. The molecule has 1 saturated carbocycles. The molecule has 0 radical (unpaired) electrons. The molecule has 1 aliphatic carbocycles. The van der Waals surface area contributed by atoms with E-state index >= 15 is 0 Å². The molecular formula is C12H22N2. The molecule has 0 spiro atoms. The summed E-state index contributed by atoms with van der Waals surface area (Å²) in [7, 11) is 0. The molecule has 80 valence electrons. The van der Waals surface area contributed by atoms with Gasteiger partial charge in [0.05, 0.1) is 12.1 Å². The van der Waals surface area contributed by atoms with Crippen LogP contribution in [0.15, 0.2) is 0 Å². The molecule has 0 aromatic heterocycles. The molecule has 0 heterocycles. The van der Waals surface area contributed by atoms with Crippen LogP contribution in [0.25, 0.3) is 0 Å². The number of hydrogen-bond acceptors (Lipinski definition) is 2. The molecule has 0 amide bonds. The van der Waals surface area contributed by atoms with E-state index < -0.39 is 0 Å². The van der Waals surface area contributed by atoms with E-state index in [2.05, 4.69) is 18.3 Å². The van der Waals surface area contributed by atoms with Gasteiger partial charge in [0.2, 0.25) is 0 Å². The van der Waals surface area contributed by atoms with Crippen molar-refractivity contribution in [1.29, 1.82) is 5.26 Å². The zero-order valence-corrected chi connectivity index (χ0v) is 9.26. The fourth-order valence-corrected chi connectivity index (χ4v) is 2.22. The molecule has 1 atom stereocenters. The summed E-state index contributed by atoms with van der Waals surface area (Å²) in [6.07, 6.45) is 9.26. The summed E-state index contributed by atoms with van der Waals surface area (Å²) in [6, 6.07) is 2.35. The van der Waals surface area contributed by atoms with E-state index in [1.54, 1.807) is 0 Å². The maximum absolute atomic E-state index is 8.75. The van der Waals surface area contributed by atoms with Gasteiger partial charge in [-0.15, -0.1) is 0 Å². The topological polar surface area (TPSA) is 35.8 Å². The van der Waals surface area contributed by atoms with E-state index in [1.807, 2.05) is 0 Å². The van der Waals surface area contributed by atoms with Gasteiger partial charge in [0, 0.05) is 0 Å². The molecule has 2 nitrogen and oxygen atoms in total. The van der Waals surface area contributed by atoms with Gasteiger partial charge in [-0.25, -0.2) is 0 Å². The number of nitrogens with zero attached hydrogens (tertiary/aromatic N) is 1. The van der Waals surface area contributed by atoms with Gasteiger partial charge >= 0.3 is 0 Å². The van der Waals surface area contributed by atoms with E-state index in [-0.39, 0.29) is 6.04 Å². The van der Waals surface area contributed by atoms with Crippen molar-refractivity contribution in [3.05, 3.63) is 0 Å². The normalized spacial score (nSPS) is 20.3. The SMILES string of the molecule is CCC(C#N)NCCC1CCCCC1. The first-order valence-corrected chi connectivity index (χ1v) is 5.99. The van der Waals surface area contributed by atoms with Crippen LogP contribution in [-0.4, -0.2) is 12.6 Å². The summed E-state index contributed by atoms with van der Waals surface area (Å²) in [4.78, 5) is 0. The quantitative estimate of drug-likeness (QED) is 0.730. The van der Waals surface area contributed by atoms with E-state index in [4.69, 9.17) is 5.26 Å². The first-order valence-electron chi connectivity index (χ1n) is 5.99. The predicted molar refractivity (Wildman–Crippen MR) is 58.9 cm³/mol. The van der Waals surface area contributed by atoms with E-state index in [0.29, 0.717) is 0 Å². The van der Waals surface area contributed by atoms with Crippen LogP contribution in [-0.2, 0) is 0 Å². The van der Waals surface area contributed by atoms with Gasteiger partial charge in [0.1, 0.15) is 0 Å². The zero-order chi connectivity index (χ0) is 10.2. The summed E-state index contributed by atoms with van der Waals surface area (Å²) in [6.45, 7) is 3.08. The summed E-state index contributed by atoms with van der Waals surface area (Å²) < 4.78 is 0. The van der Waals surface area contributed by atoms with Crippen LogP contribution in [0.2, 0.25) is 0 Å². The van der Waals surface area contributed by atoms with Crippen molar-refractivity contribution in [3.63, 3.8) is 0 Å². The highest BCUT2D eigenvalue weighted by molar-refractivity contribution is 4.88. The largest absolute Gasteiger partial charge is 0.302 e. The Kier molecular flexibility index (Phi) is 5.63. The standard InChI is InChI=1S/C12H22N2/c1-2-12(10-13)14-9-8-11-6-4-3-5-7-11/h11-12,14H,2-9H2,1H3. The number of nitriles is 1. The Hall–Kier alpha value is -0.550. The first kappa shape index (κ1) is 11.5. The van der Waals surface area contributed by atoms with Crippen molar-refractivity contribution in [2.24, 2.45) is 5.92 Å². The maximum atomic E-state index is 8.75. The van der Waals surface area contributed by atoms with Crippen LogP contribution >= 0.6 is 0 Å². The highest BCUT2D eigenvalue weighted by Crippen LogP contribution is 2.25. The lowest BCUT2D eigenvalue weighted by atomic mass is 9.87. The molecule has 1 N–H and O–H groups in total. The molecular weight excluding hydrogens is 172 g/mol. The number of nitrogens with one attached hydrogen (secondary N) is 1. The highest BCUT2D eigenvalue weighted by atomic mass is 14.9. The van der Waals surface area contributed by atoms with Crippen molar-refractivity contribution < 1.29 is 0 Å². The van der Waals surface area contributed by atoms with Crippen LogP contribution in [0.5, 0.6) is 0 Å². The number of rotatable bonds is 5. The van der Waals surface area contributed by atoms with Gasteiger partial charge in [0.25, 0.3) is 0 Å². The van der Waals surface area contributed by atoms with Crippen molar-refractivity contribution >= 4 is 0 Å². The lowest BCUT2D eigenvalue weighted by Crippen LogP contribution is -2.29. The Morgan fingerprint density at radius 3 is 2.64 bits per heavy atom. The van der Waals surface area contributed by atoms with Crippen LogP contribution < -0.4 is 5.32 Å². The predicted octanol–water partition coefficient (Wildman–Crippen LogP) is 2.85. The second kappa shape index (κ2) is 6.84. The molecule has 0 aromatic carbocycles. The summed E-state index contributed by atoms with van der Waals surface area (Å²) in [5.41, 5.74) is 0. The Morgan fingerprint density at radius 2 is 2.07 bits per heavy atom. The van der Waals surface area contributed by atoms with Crippen LogP contribution in [0.3, 0.4) is 0 Å². The lowest BCUT2D eigenvalue weighted by molar-refractivity contribution is 0.331. The fourth-order valence-electron chi connectivity index (χ4n) is 2.22. The molecule has 14 heavy (non-hydrogen) atoms. The molecule has 1 fully saturated rings. The van der Waals surface area contributed by atoms with E-state index in [0.717, 1.165) is 18.9 Å². The molecule has 1 aliphatic rings. The summed E-state index contributed by atoms with van der Waals surface area (Å²) in [5.74, 6) is 0.924.